The van der Waals surface area contributed by atoms with Crippen LogP contribution >= 0.6 is 23.1 Å². The van der Waals surface area contributed by atoms with E-state index < -0.39 is 10.1 Å². The molecule has 11 heteroatoms. The van der Waals surface area contributed by atoms with Gasteiger partial charge in [0, 0.05) is 44.0 Å². The first-order valence-corrected chi connectivity index (χ1v) is 15.6. The molecule has 0 saturated heterocycles. The molecule has 0 bridgehead atoms. The predicted molar refractivity (Wildman–Crippen MR) is 156 cm³/mol. The largest absolute Gasteiger partial charge is 0.347 e. The molecule has 1 aromatic heterocycles. The number of amides is 2. The zero-order valence-electron chi connectivity index (χ0n) is 21.3. The number of thiazole rings is 1. The van der Waals surface area contributed by atoms with Gasteiger partial charge in [0.1, 0.15) is 5.01 Å². The number of anilines is 1. The highest BCUT2D eigenvalue weighted by Gasteiger charge is 2.20. The standard InChI is InChI=1S/C29H23N3O5S3/c1-40(35,36)37-15-5-4-6-19-9-11-20(12-10-19)29-31-18-22(38-29)17-30-27(33)21-13-14-26-24(16-21)32-28(34)23-7-2-3-8-25(23)39-26/h2-3,7-14,16,18H,5,15,17H2,1H3,(H,30,33)(H,32,34). The zero-order valence-corrected chi connectivity index (χ0v) is 23.7. The number of fused-ring (bicyclic) bond motifs is 2. The predicted octanol–water partition coefficient (Wildman–Crippen LogP) is 5.17. The molecule has 0 atom stereocenters. The number of nitrogens with zero attached hydrogens (tertiary/aromatic N) is 1. The summed E-state index contributed by atoms with van der Waals surface area (Å²) in [5.74, 6) is 5.42. The second kappa shape index (κ2) is 12.1. The van der Waals surface area contributed by atoms with Gasteiger partial charge in [-0.15, -0.1) is 11.3 Å². The molecule has 0 fully saturated rings. The molecule has 0 radical (unpaired) electrons. The van der Waals surface area contributed by atoms with Gasteiger partial charge in [-0.1, -0.05) is 47.9 Å². The van der Waals surface area contributed by atoms with E-state index in [0.29, 0.717) is 29.8 Å². The van der Waals surface area contributed by atoms with E-state index >= 15 is 0 Å². The van der Waals surface area contributed by atoms with E-state index in [2.05, 4.69) is 31.6 Å². The minimum absolute atomic E-state index is 0.0270. The third-order valence-electron chi connectivity index (χ3n) is 5.71. The van der Waals surface area contributed by atoms with Crippen LogP contribution in [0, 0.1) is 11.8 Å². The average Bonchev–Trinajstić information content (AvgIpc) is 3.36. The fourth-order valence-corrected chi connectivity index (χ4v) is 6.06. The number of nitrogens with one attached hydrogen (secondary N) is 2. The Balaban J connectivity index is 1.17. The van der Waals surface area contributed by atoms with E-state index in [0.717, 1.165) is 37.1 Å². The van der Waals surface area contributed by atoms with Crippen LogP contribution in [0.3, 0.4) is 0 Å². The molecule has 0 saturated carbocycles. The van der Waals surface area contributed by atoms with Crippen molar-refractivity contribution in [3.63, 3.8) is 0 Å². The third-order valence-corrected chi connectivity index (χ3v) is 8.50. The van der Waals surface area contributed by atoms with E-state index in [1.165, 1.54) is 23.1 Å². The average molecular weight is 590 g/mol. The van der Waals surface area contributed by atoms with Crippen molar-refractivity contribution in [2.24, 2.45) is 0 Å². The van der Waals surface area contributed by atoms with Crippen molar-refractivity contribution in [3.8, 4) is 22.4 Å². The Morgan fingerprint density at radius 2 is 1.88 bits per heavy atom. The molecule has 3 aromatic carbocycles. The highest BCUT2D eigenvalue weighted by molar-refractivity contribution is 7.99. The van der Waals surface area contributed by atoms with E-state index in [4.69, 9.17) is 0 Å². The molecule has 4 aromatic rings. The smallest absolute Gasteiger partial charge is 0.264 e. The van der Waals surface area contributed by atoms with Gasteiger partial charge in [-0.3, -0.25) is 13.8 Å². The summed E-state index contributed by atoms with van der Waals surface area (Å²) in [6.07, 6.45) is 3.05. The van der Waals surface area contributed by atoms with Gasteiger partial charge >= 0.3 is 0 Å². The summed E-state index contributed by atoms with van der Waals surface area (Å²) in [5.41, 5.74) is 3.39. The first kappa shape index (κ1) is 27.6. The Morgan fingerprint density at radius 3 is 2.67 bits per heavy atom. The quantitative estimate of drug-likeness (QED) is 0.174. The van der Waals surface area contributed by atoms with Gasteiger partial charge in [-0.05, 0) is 42.5 Å². The second-order valence-electron chi connectivity index (χ2n) is 8.73. The monoisotopic (exact) mass is 589 g/mol. The Kier molecular flexibility index (Phi) is 8.32. The van der Waals surface area contributed by atoms with E-state index in [-0.39, 0.29) is 18.4 Å². The van der Waals surface area contributed by atoms with Crippen LogP contribution in [0.1, 0.15) is 37.6 Å². The number of carbonyl (C=O) groups excluding carboxylic acids is 2. The van der Waals surface area contributed by atoms with Crippen molar-refractivity contribution in [1.82, 2.24) is 10.3 Å². The van der Waals surface area contributed by atoms with Gasteiger partial charge in [0.05, 0.1) is 30.7 Å². The fourth-order valence-electron chi connectivity index (χ4n) is 3.81. The van der Waals surface area contributed by atoms with Gasteiger partial charge in [-0.2, -0.15) is 8.42 Å². The summed E-state index contributed by atoms with van der Waals surface area (Å²) in [7, 11) is -3.45. The Hall–Kier alpha value is -3.95. The number of aromatic nitrogens is 1. The van der Waals surface area contributed by atoms with Crippen LogP contribution in [-0.2, 0) is 20.8 Å². The summed E-state index contributed by atoms with van der Waals surface area (Å²) >= 11 is 2.97. The highest BCUT2D eigenvalue weighted by atomic mass is 32.2. The molecular weight excluding hydrogens is 567 g/mol. The van der Waals surface area contributed by atoms with Crippen molar-refractivity contribution in [1.29, 1.82) is 0 Å². The molecule has 8 nitrogen and oxygen atoms in total. The van der Waals surface area contributed by atoms with Crippen LogP contribution in [0.15, 0.2) is 82.7 Å². The van der Waals surface area contributed by atoms with Crippen molar-refractivity contribution >= 4 is 50.7 Å². The normalized spacial score (nSPS) is 12.3. The molecule has 0 aliphatic carbocycles. The minimum Gasteiger partial charge on any atom is -0.347 e. The maximum Gasteiger partial charge on any atom is 0.264 e. The lowest BCUT2D eigenvalue weighted by Gasteiger charge is -2.09. The fraction of sp³-hybridized carbons (Fsp3) is 0.138. The van der Waals surface area contributed by atoms with Crippen LogP contribution in [0.25, 0.3) is 10.6 Å². The Labute approximate surface area is 240 Å². The molecule has 202 valence electrons. The van der Waals surface area contributed by atoms with E-state index in [1.807, 2.05) is 48.5 Å². The molecule has 2 heterocycles. The molecule has 1 aliphatic heterocycles. The molecule has 0 unspecified atom stereocenters. The van der Waals surface area contributed by atoms with Gasteiger partial charge < -0.3 is 10.6 Å². The van der Waals surface area contributed by atoms with Crippen molar-refractivity contribution in [3.05, 3.63) is 94.5 Å². The first-order chi connectivity index (χ1) is 19.2. The van der Waals surface area contributed by atoms with Crippen molar-refractivity contribution in [2.75, 3.05) is 18.2 Å². The Morgan fingerprint density at radius 1 is 1.07 bits per heavy atom. The summed E-state index contributed by atoms with van der Waals surface area (Å²) in [6, 6.07) is 20.3. The highest BCUT2D eigenvalue weighted by Crippen LogP contribution is 2.39. The van der Waals surface area contributed by atoms with Gasteiger partial charge in [-0.25, -0.2) is 4.98 Å². The van der Waals surface area contributed by atoms with Crippen LogP contribution in [0.2, 0.25) is 0 Å². The number of rotatable bonds is 7. The number of hydrogen-bond donors (Lipinski definition) is 2. The molecule has 2 amide bonds. The lowest BCUT2D eigenvalue weighted by Crippen LogP contribution is -2.22. The lowest BCUT2D eigenvalue weighted by atomic mass is 10.1. The SMILES string of the molecule is CS(=O)(=O)OCCC#Cc1ccc(-c2ncc(CNC(=O)c3ccc4c(c3)NC(=O)c3ccccc3S4)s2)cc1. The number of hydrogen-bond acceptors (Lipinski definition) is 8. The second-order valence-corrected chi connectivity index (χ2v) is 12.6. The van der Waals surface area contributed by atoms with Gasteiger partial charge in [0.25, 0.3) is 21.9 Å². The zero-order chi connectivity index (χ0) is 28.1. The summed E-state index contributed by atoms with van der Waals surface area (Å²) in [6.45, 7) is 0.346. The summed E-state index contributed by atoms with van der Waals surface area (Å²) in [5, 5.41) is 6.65. The lowest BCUT2D eigenvalue weighted by molar-refractivity contribution is 0.0949. The topological polar surface area (TPSA) is 114 Å². The molecule has 0 spiro atoms. The maximum absolute atomic E-state index is 12.9. The summed E-state index contributed by atoms with van der Waals surface area (Å²) < 4.78 is 26.6. The molecule has 40 heavy (non-hydrogen) atoms. The molecule has 2 N–H and O–H groups in total. The van der Waals surface area contributed by atoms with Gasteiger partial charge in [0.2, 0.25) is 0 Å². The number of carbonyl (C=O) groups is 2. The molecular formula is C29H23N3O5S3. The maximum atomic E-state index is 12.9. The third kappa shape index (κ3) is 6.97. The van der Waals surface area contributed by atoms with E-state index in [1.54, 1.807) is 24.4 Å². The van der Waals surface area contributed by atoms with Crippen molar-refractivity contribution < 1.29 is 22.2 Å². The minimum atomic E-state index is -3.45. The first-order valence-electron chi connectivity index (χ1n) is 12.1. The Bertz CT molecular complexity index is 1750. The van der Waals surface area contributed by atoms with Crippen LogP contribution in [0.4, 0.5) is 5.69 Å². The van der Waals surface area contributed by atoms with Crippen LogP contribution in [-0.4, -0.2) is 38.1 Å². The number of benzene rings is 3. The van der Waals surface area contributed by atoms with Crippen LogP contribution < -0.4 is 10.6 Å². The molecule has 5 rings (SSSR count). The summed E-state index contributed by atoms with van der Waals surface area (Å²) in [4.78, 5) is 32.6. The van der Waals surface area contributed by atoms with Crippen LogP contribution in [0.5, 0.6) is 0 Å². The van der Waals surface area contributed by atoms with Gasteiger partial charge in [0.15, 0.2) is 0 Å². The van der Waals surface area contributed by atoms with Crippen molar-refractivity contribution in [2.45, 2.75) is 22.8 Å². The molecule has 1 aliphatic rings. The van der Waals surface area contributed by atoms with E-state index in [9.17, 15) is 18.0 Å².